The standard InChI is InChI=1S/C14H13BrClNO/c1-9-2-4-11(7-13(9)16)17-8-10-3-5-14(18)12(15)6-10/h2-7,17-18H,8H2,1H3. The van der Waals surface area contributed by atoms with Crippen molar-refractivity contribution in [3.05, 3.63) is 57.0 Å². The minimum atomic E-state index is 0.247. The molecule has 2 aromatic rings. The zero-order chi connectivity index (χ0) is 13.1. The molecule has 0 aliphatic heterocycles. The fraction of sp³-hybridized carbons (Fsp3) is 0.143. The molecular formula is C14H13BrClNO. The molecule has 0 fully saturated rings. The third-order valence-electron chi connectivity index (χ3n) is 2.68. The molecule has 0 radical (unpaired) electrons. The summed E-state index contributed by atoms with van der Waals surface area (Å²) in [5.41, 5.74) is 3.13. The van der Waals surface area contributed by atoms with E-state index >= 15 is 0 Å². The predicted molar refractivity (Wildman–Crippen MR) is 79.3 cm³/mol. The van der Waals surface area contributed by atoms with Gasteiger partial charge in [0, 0.05) is 17.3 Å². The van der Waals surface area contributed by atoms with Gasteiger partial charge in [0.1, 0.15) is 5.75 Å². The van der Waals surface area contributed by atoms with Gasteiger partial charge in [-0.05, 0) is 58.2 Å². The van der Waals surface area contributed by atoms with E-state index in [1.165, 1.54) is 0 Å². The van der Waals surface area contributed by atoms with Crippen molar-refractivity contribution in [2.75, 3.05) is 5.32 Å². The molecule has 0 bridgehead atoms. The summed E-state index contributed by atoms with van der Waals surface area (Å²) in [4.78, 5) is 0. The summed E-state index contributed by atoms with van der Waals surface area (Å²) in [6.45, 7) is 2.65. The van der Waals surface area contributed by atoms with Crippen LogP contribution in [0.1, 0.15) is 11.1 Å². The molecule has 4 heteroatoms. The van der Waals surface area contributed by atoms with E-state index in [0.29, 0.717) is 11.0 Å². The molecule has 0 aliphatic rings. The average Bonchev–Trinajstić information content (AvgIpc) is 2.35. The SMILES string of the molecule is Cc1ccc(NCc2ccc(O)c(Br)c2)cc1Cl. The number of aromatic hydroxyl groups is 1. The Labute approximate surface area is 120 Å². The number of halogens is 2. The van der Waals surface area contributed by atoms with Crippen LogP contribution < -0.4 is 5.32 Å². The van der Waals surface area contributed by atoms with Crippen LogP contribution in [0.5, 0.6) is 5.75 Å². The summed E-state index contributed by atoms with van der Waals surface area (Å²) < 4.78 is 0.698. The molecule has 0 saturated heterocycles. The fourth-order valence-corrected chi connectivity index (χ4v) is 2.17. The molecule has 0 aromatic heterocycles. The van der Waals surface area contributed by atoms with Crippen LogP contribution in [0, 0.1) is 6.92 Å². The van der Waals surface area contributed by atoms with Crippen LogP contribution >= 0.6 is 27.5 Å². The first kappa shape index (κ1) is 13.2. The zero-order valence-electron chi connectivity index (χ0n) is 9.87. The van der Waals surface area contributed by atoms with E-state index in [1.807, 2.05) is 37.3 Å². The Morgan fingerprint density at radius 2 is 2.00 bits per heavy atom. The van der Waals surface area contributed by atoms with Crippen molar-refractivity contribution in [2.24, 2.45) is 0 Å². The number of nitrogens with one attached hydrogen (secondary N) is 1. The quantitative estimate of drug-likeness (QED) is 0.854. The minimum absolute atomic E-state index is 0.247. The molecule has 0 atom stereocenters. The van der Waals surface area contributed by atoms with E-state index in [1.54, 1.807) is 6.07 Å². The highest BCUT2D eigenvalue weighted by molar-refractivity contribution is 9.10. The van der Waals surface area contributed by atoms with Gasteiger partial charge in [0.05, 0.1) is 4.47 Å². The minimum Gasteiger partial charge on any atom is -0.507 e. The van der Waals surface area contributed by atoms with Gasteiger partial charge < -0.3 is 10.4 Å². The van der Waals surface area contributed by atoms with Gasteiger partial charge in [-0.1, -0.05) is 23.7 Å². The van der Waals surface area contributed by atoms with Crippen LogP contribution in [-0.4, -0.2) is 5.11 Å². The van der Waals surface area contributed by atoms with Gasteiger partial charge in [-0.15, -0.1) is 0 Å². The maximum absolute atomic E-state index is 9.41. The van der Waals surface area contributed by atoms with Gasteiger partial charge in [0.2, 0.25) is 0 Å². The van der Waals surface area contributed by atoms with Gasteiger partial charge in [-0.25, -0.2) is 0 Å². The van der Waals surface area contributed by atoms with Crippen LogP contribution in [-0.2, 0) is 6.54 Å². The van der Waals surface area contributed by atoms with Crippen molar-refractivity contribution >= 4 is 33.2 Å². The van der Waals surface area contributed by atoms with E-state index in [9.17, 15) is 5.11 Å². The second-order valence-electron chi connectivity index (χ2n) is 4.10. The zero-order valence-corrected chi connectivity index (χ0v) is 12.2. The van der Waals surface area contributed by atoms with Crippen LogP contribution in [0.3, 0.4) is 0 Å². The summed E-state index contributed by atoms with van der Waals surface area (Å²) in [7, 11) is 0. The molecule has 2 aromatic carbocycles. The highest BCUT2D eigenvalue weighted by Crippen LogP contribution is 2.25. The number of hydrogen-bond acceptors (Lipinski definition) is 2. The molecule has 0 aliphatic carbocycles. The monoisotopic (exact) mass is 325 g/mol. The van der Waals surface area contributed by atoms with Crippen molar-refractivity contribution in [3.8, 4) is 5.75 Å². The second kappa shape index (κ2) is 5.63. The lowest BCUT2D eigenvalue weighted by Crippen LogP contribution is -1.99. The maximum atomic E-state index is 9.41. The predicted octanol–water partition coefficient (Wildman–Crippen LogP) is 4.73. The van der Waals surface area contributed by atoms with Gasteiger partial charge in [-0.2, -0.15) is 0 Å². The number of hydrogen-bond donors (Lipinski definition) is 2. The Hall–Kier alpha value is -1.19. The lowest BCUT2D eigenvalue weighted by Gasteiger charge is -2.09. The Morgan fingerprint density at radius 3 is 2.67 bits per heavy atom. The molecule has 0 spiro atoms. The molecule has 2 rings (SSSR count). The topological polar surface area (TPSA) is 32.3 Å². The molecule has 0 saturated carbocycles. The van der Waals surface area contributed by atoms with E-state index in [0.717, 1.165) is 21.8 Å². The average molecular weight is 327 g/mol. The molecule has 94 valence electrons. The van der Waals surface area contributed by atoms with Crippen LogP contribution in [0.4, 0.5) is 5.69 Å². The number of rotatable bonds is 3. The van der Waals surface area contributed by atoms with Crippen molar-refractivity contribution < 1.29 is 5.11 Å². The lowest BCUT2D eigenvalue weighted by molar-refractivity contribution is 0.471. The fourth-order valence-electron chi connectivity index (χ4n) is 1.57. The molecule has 2 N–H and O–H groups in total. The normalized spacial score (nSPS) is 10.4. The first-order valence-corrected chi connectivity index (χ1v) is 6.71. The van der Waals surface area contributed by atoms with Crippen molar-refractivity contribution in [3.63, 3.8) is 0 Å². The number of anilines is 1. The highest BCUT2D eigenvalue weighted by Gasteiger charge is 2.01. The maximum Gasteiger partial charge on any atom is 0.129 e. The van der Waals surface area contributed by atoms with Gasteiger partial charge in [-0.3, -0.25) is 0 Å². The third kappa shape index (κ3) is 3.18. The summed E-state index contributed by atoms with van der Waals surface area (Å²) >= 11 is 9.36. The van der Waals surface area contributed by atoms with Crippen LogP contribution in [0.25, 0.3) is 0 Å². The van der Waals surface area contributed by atoms with E-state index < -0.39 is 0 Å². The molecular weight excluding hydrogens is 314 g/mol. The van der Waals surface area contributed by atoms with Gasteiger partial charge in [0.15, 0.2) is 0 Å². The number of phenols is 1. The van der Waals surface area contributed by atoms with Crippen LogP contribution in [0.15, 0.2) is 40.9 Å². The smallest absolute Gasteiger partial charge is 0.129 e. The molecule has 0 unspecified atom stereocenters. The van der Waals surface area contributed by atoms with Gasteiger partial charge in [0.25, 0.3) is 0 Å². The van der Waals surface area contributed by atoms with Crippen molar-refractivity contribution in [1.82, 2.24) is 0 Å². The van der Waals surface area contributed by atoms with Gasteiger partial charge >= 0.3 is 0 Å². The van der Waals surface area contributed by atoms with Crippen LogP contribution in [0.2, 0.25) is 5.02 Å². The largest absolute Gasteiger partial charge is 0.507 e. The van der Waals surface area contributed by atoms with E-state index in [4.69, 9.17) is 11.6 Å². The summed E-state index contributed by atoms with van der Waals surface area (Å²) in [6, 6.07) is 11.3. The summed E-state index contributed by atoms with van der Waals surface area (Å²) in [5, 5.41) is 13.5. The summed E-state index contributed by atoms with van der Waals surface area (Å²) in [5.74, 6) is 0.247. The number of benzene rings is 2. The van der Waals surface area contributed by atoms with Crippen molar-refractivity contribution in [2.45, 2.75) is 13.5 Å². The summed E-state index contributed by atoms with van der Waals surface area (Å²) in [6.07, 6.45) is 0. The molecule has 2 nitrogen and oxygen atoms in total. The molecule has 18 heavy (non-hydrogen) atoms. The van der Waals surface area contributed by atoms with Crippen molar-refractivity contribution in [1.29, 1.82) is 0 Å². The third-order valence-corrected chi connectivity index (χ3v) is 3.72. The first-order valence-electron chi connectivity index (χ1n) is 5.53. The molecule has 0 amide bonds. The number of aryl methyl sites for hydroxylation is 1. The van der Waals surface area contributed by atoms with E-state index in [2.05, 4.69) is 21.2 Å². The Balaban J connectivity index is 2.06. The first-order chi connectivity index (χ1) is 8.56. The van der Waals surface area contributed by atoms with E-state index in [-0.39, 0.29) is 5.75 Å². The Bertz CT molecular complexity index is 520. The Kier molecular flexibility index (Phi) is 4.15. The second-order valence-corrected chi connectivity index (χ2v) is 5.36. The number of phenolic OH excluding ortho intramolecular Hbond substituents is 1. The Morgan fingerprint density at radius 1 is 1.22 bits per heavy atom. The highest BCUT2D eigenvalue weighted by atomic mass is 79.9. The molecule has 0 heterocycles. The lowest BCUT2D eigenvalue weighted by atomic mass is 10.2.